The molecule has 0 fully saturated rings. The minimum atomic E-state index is -0.587. The van der Waals surface area contributed by atoms with E-state index in [-0.39, 0.29) is 23.9 Å². The van der Waals surface area contributed by atoms with Crippen molar-refractivity contribution in [2.75, 3.05) is 0 Å². The number of amides is 2. The van der Waals surface area contributed by atoms with Gasteiger partial charge in [-0.15, -0.1) is 0 Å². The summed E-state index contributed by atoms with van der Waals surface area (Å²) in [6.45, 7) is 9.98. The molecule has 0 bridgehead atoms. The highest BCUT2D eigenvalue weighted by molar-refractivity contribution is 6.35. The topological polar surface area (TPSA) is 49.4 Å². The van der Waals surface area contributed by atoms with Crippen LogP contribution in [0.5, 0.6) is 0 Å². The van der Waals surface area contributed by atoms with E-state index in [0.717, 1.165) is 11.1 Å². The minimum Gasteiger partial charge on any atom is -0.350 e. The van der Waals surface area contributed by atoms with Gasteiger partial charge in [-0.1, -0.05) is 66.0 Å². The summed E-state index contributed by atoms with van der Waals surface area (Å²) in [6.07, 6.45) is 1.43. The molecule has 0 aliphatic heterocycles. The van der Waals surface area contributed by atoms with Gasteiger partial charge in [0.05, 0.1) is 0 Å². The zero-order valence-corrected chi connectivity index (χ0v) is 20.5. The van der Waals surface area contributed by atoms with Gasteiger partial charge in [0, 0.05) is 28.5 Å². The molecule has 0 saturated carbocycles. The molecule has 2 aromatic rings. The van der Waals surface area contributed by atoms with Crippen LogP contribution in [0.25, 0.3) is 0 Å². The number of hydrogen-bond acceptors (Lipinski definition) is 2. The molecule has 2 amide bonds. The first-order valence-corrected chi connectivity index (χ1v) is 11.4. The number of carbonyl (C=O) groups is 2. The lowest BCUT2D eigenvalue weighted by Crippen LogP contribution is -2.53. The standard InChI is InChI=1S/C25H32Cl2N2O2/c1-6-22(24(31)28-25(3,4)5)29(16-19-12-13-20(26)15-21(19)27)23(30)14-11-18-9-7-17(2)8-10-18/h7-10,12-13,15,22H,6,11,14,16H2,1-5H3,(H,28,31)/t22-/m0/s1. The second-order valence-corrected chi connectivity index (χ2v) is 9.75. The lowest BCUT2D eigenvalue weighted by molar-refractivity contribution is -0.142. The van der Waals surface area contributed by atoms with Crippen LogP contribution < -0.4 is 5.32 Å². The van der Waals surface area contributed by atoms with Gasteiger partial charge in [0.25, 0.3) is 0 Å². The molecule has 31 heavy (non-hydrogen) atoms. The summed E-state index contributed by atoms with van der Waals surface area (Å²) >= 11 is 12.4. The molecule has 2 rings (SSSR count). The van der Waals surface area contributed by atoms with E-state index in [2.05, 4.69) is 5.32 Å². The number of rotatable bonds is 8. The van der Waals surface area contributed by atoms with Crippen LogP contribution in [0.3, 0.4) is 0 Å². The van der Waals surface area contributed by atoms with Crippen molar-refractivity contribution in [3.63, 3.8) is 0 Å². The third kappa shape index (κ3) is 7.86. The predicted molar refractivity (Wildman–Crippen MR) is 128 cm³/mol. The Hall–Kier alpha value is -2.04. The van der Waals surface area contributed by atoms with Crippen LogP contribution in [0.1, 0.15) is 57.2 Å². The third-order valence-corrected chi connectivity index (χ3v) is 5.58. The van der Waals surface area contributed by atoms with Gasteiger partial charge in [0.2, 0.25) is 11.8 Å². The van der Waals surface area contributed by atoms with Crippen LogP contribution >= 0.6 is 23.2 Å². The lowest BCUT2D eigenvalue weighted by Gasteiger charge is -2.33. The fourth-order valence-corrected chi connectivity index (χ4v) is 3.82. The molecule has 6 heteroatoms. The highest BCUT2D eigenvalue weighted by Gasteiger charge is 2.30. The van der Waals surface area contributed by atoms with E-state index in [0.29, 0.717) is 29.3 Å². The van der Waals surface area contributed by atoms with Crippen LogP contribution in [-0.4, -0.2) is 28.3 Å². The summed E-state index contributed by atoms with van der Waals surface area (Å²) in [5.41, 5.74) is 2.64. The fraction of sp³-hybridized carbons (Fsp3) is 0.440. The summed E-state index contributed by atoms with van der Waals surface area (Å²) in [4.78, 5) is 28.0. The quantitative estimate of drug-likeness (QED) is 0.526. The zero-order valence-electron chi connectivity index (χ0n) is 19.0. The van der Waals surface area contributed by atoms with Crippen molar-refractivity contribution in [1.29, 1.82) is 0 Å². The highest BCUT2D eigenvalue weighted by Crippen LogP contribution is 2.24. The maximum absolute atomic E-state index is 13.3. The molecule has 2 aromatic carbocycles. The molecule has 0 aliphatic rings. The van der Waals surface area contributed by atoms with E-state index in [1.807, 2.05) is 58.9 Å². The number of hydrogen-bond donors (Lipinski definition) is 1. The van der Waals surface area contributed by atoms with Crippen LogP contribution in [0.4, 0.5) is 0 Å². The molecule has 168 valence electrons. The molecule has 0 aliphatic carbocycles. The Labute approximate surface area is 195 Å². The Morgan fingerprint density at radius 2 is 1.71 bits per heavy atom. The molecular weight excluding hydrogens is 431 g/mol. The molecule has 0 heterocycles. The van der Waals surface area contributed by atoms with E-state index < -0.39 is 6.04 Å². The van der Waals surface area contributed by atoms with Crippen LogP contribution in [0.2, 0.25) is 10.0 Å². The molecule has 0 radical (unpaired) electrons. The van der Waals surface area contributed by atoms with Gasteiger partial charge in [-0.25, -0.2) is 0 Å². The van der Waals surface area contributed by atoms with E-state index in [9.17, 15) is 9.59 Å². The molecule has 0 spiro atoms. The van der Waals surface area contributed by atoms with Gasteiger partial charge in [-0.3, -0.25) is 9.59 Å². The van der Waals surface area contributed by atoms with Crippen molar-refractivity contribution in [3.8, 4) is 0 Å². The Morgan fingerprint density at radius 1 is 1.06 bits per heavy atom. The SMILES string of the molecule is CC[C@@H](C(=O)NC(C)(C)C)N(Cc1ccc(Cl)cc1Cl)C(=O)CCc1ccc(C)cc1. The summed E-state index contributed by atoms with van der Waals surface area (Å²) in [7, 11) is 0. The van der Waals surface area contributed by atoms with Gasteiger partial charge < -0.3 is 10.2 Å². The molecule has 0 unspecified atom stereocenters. The molecule has 1 atom stereocenters. The highest BCUT2D eigenvalue weighted by atomic mass is 35.5. The second-order valence-electron chi connectivity index (χ2n) is 8.91. The minimum absolute atomic E-state index is 0.0810. The normalized spacial score (nSPS) is 12.4. The number of halogens is 2. The van der Waals surface area contributed by atoms with Crippen LogP contribution in [-0.2, 0) is 22.6 Å². The molecule has 4 nitrogen and oxygen atoms in total. The predicted octanol–water partition coefficient (Wildman–Crippen LogP) is 5.96. The van der Waals surface area contributed by atoms with E-state index in [4.69, 9.17) is 23.2 Å². The number of nitrogens with zero attached hydrogens (tertiary/aromatic N) is 1. The van der Waals surface area contributed by atoms with Crippen molar-refractivity contribution in [1.82, 2.24) is 10.2 Å². The van der Waals surface area contributed by atoms with Crippen molar-refractivity contribution >= 4 is 35.0 Å². The van der Waals surface area contributed by atoms with Gasteiger partial charge >= 0.3 is 0 Å². The summed E-state index contributed by atoms with van der Waals surface area (Å²) < 4.78 is 0. The van der Waals surface area contributed by atoms with E-state index in [1.54, 1.807) is 23.1 Å². The molecule has 0 saturated heterocycles. The summed E-state index contributed by atoms with van der Waals surface area (Å²) in [6, 6.07) is 12.8. The second kappa shape index (κ2) is 11.0. The Balaban J connectivity index is 2.27. The monoisotopic (exact) mass is 462 g/mol. The van der Waals surface area contributed by atoms with Crippen LogP contribution in [0.15, 0.2) is 42.5 Å². The van der Waals surface area contributed by atoms with Crippen molar-refractivity contribution in [2.24, 2.45) is 0 Å². The van der Waals surface area contributed by atoms with Gasteiger partial charge in [0.1, 0.15) is 6.04 Å². The van der Waals surface area contributed by atoms with E-state index in [1.165, 1.54) is 5.56 Å². The molecular formula is C25H32Cl2N2O2. The summed E-state index contributed by atoms with van der Waals surface area (Å²) in [5, 5.41) is 4.02. The number of carbonyl (C=O) groups excluding carboxylic acids is 2. The number of nitrogens with one attached hydrogen (secondary N) is 1. The number of aryl methyl sites for hydroxylation is 2. The third-order valence-electron chi connectivity index (χ3n) is 4.99. The fourth-order valence-electron chi connectivity index (χ4n) is 3.36. The Kier molecular flexibility index (Phi) is 8.96. The molecule has 1 N–H and O–H groups in total. The first-order chi connectivity index (χ1) is 14.5. The Bertz CT molecular complexity index is 905. The smallest absolute Gasteiger partial charge is 0.243 e. The van der Waals surface area contributed by atoms with Crippen LogP contribution in [0, 0.1) is 6.92 Å². The molecule has 0 aromatic heterocycles. The average molecular weight is 463 g/mol. The largest absolute Gasteiger partial charge is 0.350 e. The maximum atomic E-state index is 13.3. The van der Waals surface area contributed by atoms with Crippen molar-refractivity contribution in [3.05, 3.63) is 69.2 Å². The van der Waals surface area contributed by atoms with E-state index >= 15 is 0 Å². The van der Waals surface area contributed by atoms with Gasteiger partial charge in [-0.2, -0.15) is 0 Å². The summed E-state index contributed by atoms with van der Waals surface area (Å²) in [5.74, 6) is -0.244. The van der Waals surface area contributed by atoms with Gasteiger partial charge in [-0.05, 0) is 63.8 Å². The first-order valence-electron chi connectivity index (χ1n) is 10.6. The average Bonchev–Trinajstić information content (AvgIpc) is 2.67. The zero-order chi connectivity index (χ0) is 23.2. The Morgan fingerprint density at radius 3 is 2.26 bits per heavy atom. The van der Waals surface area contributed by atoms with Crippen molar-refractivity contribution in [2.45, 2.75) is 72.0 Å². The maximum Gasteiger partial charge on any atom is 0.243 e. The lowest BCUT2D eigenvalue weighted by atomic mass is 10.0. The number of benzene rings is 2. The van der Waals surface area contributed by atoms with Crippen molar-refractivity contribution < 1.29 is 9.59 Å². The van der Waals surface area contributed by atoms with Gasteiger partial charge in [0.15, 0.2) is 0 Å². The first kappa shape index (κ1) is 25.2.